The summed E-state index contributed by atoms with van der Waals surface area (Å²) in [6.45, 7) is 6.26. The second-order valence-corrected chi connectivity index (χ2v) is 4.02. The number of hydrogen-bond donors (Lipinski definition) is 4. The molecule has 0 aliphatic carbocycles. The van der Waals surface area contributed by atoms with E-state index in [9.17, 15) is 0 Å². The third-order valence-corrected chi connectivity index (χ3v) is 2.54. The molecule has 0 fully saturated rings. The Balaban J connectivity index is 4.34. The smallest absolute Gasteiger partial charge is 0.156 e. The van der Waals surface area contributed by atoms with Gasteiger partial charge in [0.1, 0.15) is 0 Å². The molecule has 0 aliphatic heterocycles. The molecule has 0 aliphatic rings. The molecule has 5 heteroatoms. The van der Waals surface area contributed by atoms with Crippen molar-refractivity contribution in [2.45, 2.75) is 45.7 Å². The molecule has 0 saturated carbocycles. The summed E-state index contributed by atoms with van der Waals surface area (Å²) in [5, 5.41) is 23.8. The predicted molar refractivity (Wildman–Crippen MR) is 61.0 cm³/mol. The number of rotatable bonds is 7. The molecular weight excluding hydrogens is 194 g/mol. The Labute approximate surface area is 91.4 Å². The molecule has 0 heterocycles. The highest BCUT2D eigenvalue weighted by atomic mass is 16.4. The molecule has 5 nitrogen and oxygen atoms in total. The van der Waals surface area contributed by atoms with Gasteiger partial charge in [0.25, 0.3) is 0 Å². The van der Waals surface area contributed by atoms with Crippen molar-refractivity contribution in [2.24, 2.45) is 16.8 Å². The van der Waals surface area contributed by atoms with E-state index < -0.39 is 0 Å². The number of aliphatic hydroxyl groups excluding tert-OH is 1. The van der Waals surface area contributed by atoms with Gasteiger partial charge in [0.15, 0.2) is 5.84 Å². The van der Waals surface area contributed by atoms with Gasteiger partial charge in [-0.3, -0.25) is 0 Å². The van der Waals surface area contributed by atoms with Crippen molar-refractivity contribution in [2.75, 3.05) is 6.61 Å². The molecule has 0 bridgehead atoms. The van der Waals surface area contributed by atoms with Crippen LogP contribution in [0.3, 0.4) is 0 Å². The van der Waals surface area contributed by atoms with E-state index in [0.717, 1.165) is 6.42 Å². The molecule has 0 aromatic rings. The molecule has 0 radical (unpaired) electrons. The summed E-state index contributed by atoms with van der Waals surface area (Å²) < 4.78 is 0. The average molecular weight is 217 g/mol. The highest BCUT2D eigenvalue weighted by Crippen LogP contribution is 2.07. The maximum Gasteiger partial charge on any atom is 0.156 e. The van der Waals surface area contributed by atoms with Gasteiger partial charge in [-0.25, -0.2) is 0 Å². The van der Waals surface area contributed by atoms with E-state index in [0.29, 0.717) is 12.3 Å². The SMILES string of the molecule is CCC(NC(CCO)C(C)C)C(N)=NO. The zero-order chi connectivity index (χ0) is 11.8. The minimum absolute atomic E-state index is 0.131. The van der Waals surface area contributed by atoms with Crippen molar-refractivity contribution in [3.63, 3.8) is 0 Å². The summed E-state index contributed by atoms with van der Waals surface area (Å²) in [4.78, 5) is 0. The number of aliphatic hydroxyl groups is 1. The summed E-state index contributed by atoms with van der Waals surface area (Å²) in [5.41, 5.74) is 5.55. The lowest BCUT2D eigenvalue weighted by Crippen LogP contribution is -2.48. The second-order valence-electron chi connectivity index (χ2n) is 4.02. The quantitative estimate of drug-likeness (QED) is 0.216. The monoisotopic (exact) mass is 217 g/mol. The fourth-order valence-electron chi connectivity index (χ4n) is 1.49. The maximum atomic E-state index is 8.92. The molecular formula is C10H23N3O2. The lowest BCUT2D eigenvalue weighted by atomic mass is 9.99. The van der Waals surface area contributed by atoms with Gasteiger partial charge < -0.3 is 21.4 Å². The third kappa shape index (κ3) is 4.99. The number of nitrogens with zero attached hydrogens (tertiary/aromatic N) is 1. The molecule has 15 heavy (non-hydrogen) atoms. The standard InChI is InChI=1S/C10H23N3O2/c1-4-8(10(11)13-15)12-9(5-6-14)7(2)3/h7-9,12,14-15H,4-6H2,1-3H3,(H2,11,13). The van der Waals surface area contributed by atoms with Crippen LogP contribution in [0, 0.1) is 5.92 Å². The summed E-state index contributed by atoms with van der Waals surface area (Å²) in [6.07, 6.45) is 1.43. The largest absolute Gasteiger partial charge is 0.409 e. The average Bonchev–Trinajstić information content (AvgIpc) is 2.22. The normalized spacial score (nSPS) is 16.7. The zero-order valence-corrected chi connectivity index (χ0v) is 9.77. The first-order valence-electron chi connectivity index (χ1n) is 5.41. The predicted octanol–water partition coefficient (Wildman–Crippen LogP) is 0.508. The van der Waals surface area contributed by atoms with Crippen molar-refractivity contribution in [1.82, 2.24) is 5.32 Å². The Hall–Kier alpha value is -0.810. The van der Waals surface area contributed by atoms with Crippen molar-refractivity contribution in [3.05, 3.63) is 0 Å². The van der Waals surface area contributed by atoms with Gasteiger partial charge in [0.2, 0.25) is 0 Å². The van der Waals surface area contributed by atoms with Gasteiger partial charge in [-0.1, -0.05) is 25.9 Å². The van der Waals surface area contributed by atoms with E-state index in [1.807, 2.05) is 6.92 Å². The summed E-state index contributed by atoms with van der Waals surface area (Å²) >= 11 is 0. The summed E-state index contributed by atoms with van der Waals surface area (Å²) in [7, 11) is 0. The van der Waals surface area contributed by atoms with E-state index in [1.165, 1.54) is 0 Å². The highest BCUT2D eigenvalue weighted by Gasteiger charge is 2.19. The fraction of sp³-hybridized carbons (Fsp3) is 0.900. The van der Waals surface area contributed by atoms with Crippen LogP contribution in [0.1, 0.15) is 33.6 Å². The van der Waals surface area contributed by atoms with Crippen molar-refractivity contribution >= 4 is 5.84 Å². The number of hydrogen-bond acceptors (Lipinski definition) is 4. The third-order valence-electron chi connectivity index (χ3n) is 2.54. The van der Waals surface area contributed by atoms with Crippen molar-refractivity contribution in [3.8, 4) is 0 Å². The molecule has 0 aromatic carbocycles. The lowest BCUT2D eigenvalue weighted by Gasteiger charge is -2.26. The van der Waals surface area contributed by atoms with E-state index in [1.54, 1.807) is 0 Å². The Kier molecular flexibility index (Phi) is 7.07. The van der Waals surface area contributed by atoms with E-state index in [2.05, 4.69) is 24.3 Å². The fourth-order valence-corrected chi connectivity index (χ4v) is 1.49. The highest BCUT2D eigenvalue weighted by molar-refractivity contribution is 5.85. The molecule has 0 amide bonds. The van der Waals surface area contributed by atoms with Crippen molar-refractivity contribution in [1.29, 1.82) is 0 Å². The second kappa shape index (κ2) is 7.48. The van der Waals surface area contributed by atoms with Gasteiger partial charge in [-0.15, -0.1) is 0 Å². The van der Waals surface area contributed by atoms with E-state index >= 15 is 0 Å². The summed E-state index contributed by atoms with van der Waals surface area (Å²) in [5.74, 6) is 0.596. The van der Waals surface area contributed by atoms with Crippen LogP contribution < -0.4 is 11.1 Å². The van der Waals surface area contributed by atoms with Gasteiger partial charge in [-0.2, -0.15) is 0 Å². The molecule has 2 unspecified atom stereocenters. The Morgan fingerprint density at radius 3 is 2.40 bits per heavy atom. The van der Waals surface area contributed by atoms with Gasteiger partial charge >= 0.3 is 0 Å². The van der Waals surface area contributed by atoms with Crippen LogP contribution in [0.25, 0.3) is 0 Å². The molecule has 2 atom stereocenters. The Bertz CT molecular complexity index is 195. The molecule has 0 saturated heterocycles. The minimum Gasteiger partial charge on any atom is -0.409 e. The number of nitrogens with one attached hydrogen (secondary N) is 1. The van der Waals surface area contributed by atoms with Crippen LogP contribution in [0.4, 0.5) is 0 Å². The first kappa shape index (κ1) is 14.2. The first-order chi connectivity index (χ1) is 7.06. The van der Waals surface area contributed by atoms with Crippen LogP contribution in [0.5, 0.6) is 0 Å². The number of oxime groups is 1. The van der Waals surface area contributed by atoms with Gasteiger partial charge in [-0.05, 0) is 18.8 Å². The Morgan fingerprint density at radius 1 is 1.47 bits per heavy atom. The van der Waals surface area contributed by atoms with Crippen LogP contribution >= 0.6 is 0 Å². The van der Waals surface area contributed by atoms with Crippen LogP contribution in [-0.4, -0.2) is 34.8 Å². The molecule has 0 spiro atoms. The van der Waals surface area contributed by atoms with Crippen LogP contribution in [-0.2, 0) is 0 Å². The Morgan fingerprint density at radius 2 is 2.07 bits per heavy atom. The molecule has 90 valence electrons. The van der Waals surface area contributed by atoms with Gasteiger partial charge in [0, 0.05) is 12.6 Å². The topological polar surface area (TPSA) is 90.9 Å². The van der Waals surface area contributed by atoms with Crippen LogP contribution in [0.15, 0.2) is 5.16 Å². The zero-order valence-electron chi connectivity index (χ0n) is 9.77. The minimum atomic E-state index is -0.131. The number of nitrogens with two attached hydrogens (primary N) is 1. The number of amidine groups is 1. The molecule has 5 N–H and O–H groups in total. The van der Waals surface area contributed by atoms with Crippen molar-refractivity contribution < 1.29 is 10.3 Å². The molecule has 0 aromatic heterocycles. The maximum absolute atomic E-state index is 8.92. The molecule has 0 rings (SSSR count). The van der Waals surface area contributed by atoms with E-state index in [-0.39, 0.29) is 24.5 Å². The first-order valence-corrected chi connectivity index (χ1v) is 5.41. The van der Waals surface area contributed by atoms with Gasteiger partial charge in [0.05, 0.1) is 6.04 Å². The summed E-state index contributed by atoms with van der Waals surface area (Å²) in [6, 6.07) is 0.0502. The van der Waals surface area contributed by atoms with Crippen LogP contribution in [0.2, 0.25) is 0 Å². The lowest BCUT2D eigenvalue weighted by molar-refractivity contribution is 0.239. The van der Waals surface area contributed by atoms with E-state index in [4.69, 9.17) is 16.0 Å².